The van der Waals surface area contributed by atoms with Crippen molar-refractivity contribution in [1.82, 2.24) is 20.5 Å². The SMILES string of the molecule is O=C(NCc1cccnc1)Nc1ccc2cn[nH]c2c1. The van der Waals surface area contributed by atoms with Gasteiger partial charge in [-0.25, -0.2) is 4.79 Å². The average Bonchev–Trinajstić information content (AvgIpc) is 2.94. The second kappa shape index (κ2) is 5.40. The molecule has 6 heteroatoms. The molecular formula is C14H13N5O. The minimum absolute atomic E-state index is 0.257. The van der Waals surface area contributed by atoms with Crippen molar-refractivity contribution in [2.24, 2.45) is 0 Å². The highest BCUT2D eigenvalue weighted by Gasteiger charge is 2.03. The summed E-state index contributed by atoms with van der Waals surface area (Å²) in [5.74, 6) is 0. The molecular weight excluding hydrogens is 254 g/mol. The Balaban J connectivity index is 1.61. The van der Waals surface area contributed by atoms with Gasteiger partial charge >= 0.3 is 6.03 Å². The minimum Gasteiger partial charge on any atom is -0.334 e. The normalized spacial score (nSPS) is 10.4. The monoisotopic (exact) mass is 267 g/mol. The highest BCUT2D eigenvalue weighted by Crippen LogP contribution is 2.16. The molecule has 2 heterocycles. The molecule has 0 radical (unpaired) electrons. The number of benzene rings is 1. The van der Waals surface area contributed by atoms with Gasteiger partial charge in [0.15, 0.2) is 0 Å². The predicted octanol–water partition coefficient (Wildman–Crippen LogP) is 2.28. The molecule has 0 spiro atoms. The van der Waals surface area contributed by atoms with E-state index < -0.39 is 0 Å². The number of nitrogens with zero attached hydrogens (tertiary/aromatic N) is 2. The van der Waals surface area contributed by atoms with Crippen LogP contribution in [0.2, 0.25) is 0 Å². The molecule has 2 amide bonds. The Morgan fingerprint density at radius 3 is 3.05 bits per heavy atom. The molecule has 0 atom stereocenters. The number of carbonyl (C=O) groups is 1. The molecule has 0 bridgehead atoms. The van der Waals surface area contributed by atoms with Gasteiger partial charge < -0.3 is 10.6 Å². The van der Waals surface area contributed by atoms with Crippen molar-refractivity contribution < 1.29 is 4.79 Å². The van der Waals surface area contributed by atoms with E-state index >= 15 is 0 Å². The van der Waals surface area contributed by atoms with E-state index in [2.05, 4.69) is 25.8 Å². The Morgan fingerprint density at radius 1 is 1.25 bits per heavy atom. The van der Waals surface area contributed by atoms with E-state index in [1.807, 2.05) is 30.3 Å². The number of hydrogen-bond acceptors (Lipinski definition) is 3. The summed E-state index contributed by atoms with van der Waals surface area (Å²) in [6.07, 6.45) is 5.15. The number of nitrogens with one attached hydrogen (secondary N) is 3. The van der Waals surface area contributed by atoms with E-state index in [0.717, 1.165) is 16.5 Å². The molecule has 0 aliphatic carbocycles. The lowest BCUT2D eigenvalue weighted by Crippen LogP contribution is -2.28. The first-order chi connectivity index (χ1) is 9.81. The number of H-pyrrole nitrogens is 1. The Hall–Kier alpha value is -2.89. The lowest BCUT2D eigenvalue weighted by atomic mass is 10.2. The van der Waals surface area contributed by atoms with Crippen LogP contribution in [-0.2, 0) is 6.54 Å². The van der Waals surface area contributed by atoms with E-state index in [4.69, 9.17) is 0 Å². The lowest BCUT2D eigenvalue weighted by Gasteiger charge is -2.07. The van der Waals surface area contributed by atoms with Crippen LogP contribution in [0.15, 0.2) is 48.9 Å². The number of aromatic nitrogens is 3. The largest absolute Gasteiger partial charge is 0.334 e. The fraction of sp³-hybridized carbons (Fsp3) is 0.0714. The molecule has 3 rings (SSSR count). The summed E-state index contributed by atoms with van der Waals surface area (Å²) in [6, 6.07) is 9.06. The van der Waals surface area contributed by atoms with Gasteiger partial charge in [-0.05, 0) is 29.8 Å². The maximum absolute atomic E-state index is 11.8. The molecule has 100 valence electrons. The van der Waals surface area contributed by atoms with Crippen molar-refractivity contribution in [3.05, 3.63) is 54.5 Å². The first kappa shape index (κ1) is 12.2. The molecule has 3 aromatic rings. The number of fused-ring (bicyclic) bond motifs is 1. The number of hydrogen-bond donors (Lipinski definition) is 3. The number of anilines is 1. The highest BCUT2D eigenvalue weighted by atomic mass is 16.2. The van der Waals surface area contributed by atoms with Crippen LogP contribution in [-0.4, -0.2) is 21.2 Å². The summed E-state index contributed by atoms with van der Waals surface area (Å²) in [5.41, 5.74) is 2.55. The maximum atomic E-state index is 11.8. The van der Waals surface area contributed by atoms with Gasteiger partial charge in [-0.2, -0.15) is 5.10 Å². The van der Waals surface area contributed by atoms with Crippen molar-refractivity contribution >= 4 is 22.6 Å². The third kappa shape index (κ3) is 2.74. The van der Waals surface area contributed by atoms with Crippen LogP contribution in [0.4, 0.5) is 10.5 Å². The average molecular weight is 267 g/mol. The van der Waals surface area contributed by atoms with Gasteiger partial charge in [-0.3, -0.25) is 10.1 Å². The summed E-state index contributed by atoms with van der Waals surface area (Å²) in [6.45, 7) is 0.436. The van der Waals surface area contributed by atoms with Crippen LogP contribution in [0, 0.1) is 0 Å². The maximum Gasteiger partial charge on any atom is 0.319 e. The van der Waals surface area contributed by atoms with Crippen LogP contribution in [0.5, 0.6) is 0 Å². The topological polar surface area (TPSA) is 82.7 Å². The minimum atomic E-state index is -0.257. The molecule has 0 aliphatic heterocycles. The van der Waals surface area contributed by atoms with Crippen LogP contribution >= 0.6 is 0 Å². The number of rotatable bonds is 3. The number of amides is 2. The zero-order valence-corrected chi connectivity index (χ0v) is 10.6. The van der Waals surface area contributed by atoms with Gasteiger partial charge in [0.05, 0.1) is 11.7 Å². The fourth-order valence-electron chi connectivity index (χ4n) is 1.88. The Kier molecular flexibility index (Phi) is 3.28. The Morgan fingerprint density at radius 2 is 2.20 bits per heavy atom. The van der Waals surface area contributed by atoms with Gasteiger partial charge in [0.1, 0.15) is 0 Å². The zero-order valence-electron chi connectivity index (χ0n) is 10.6. The summed E-state index contributed by atoms with van der Waals surface area (Å²) >= 11 is 0. The molecule has 0 aliphatic rings. The van der Waals surface area contributed by atoms with Gasteiger partial charge in [0.25, 0.3) is 0 Å². The molecule has 20 heavy (non-hydrogen) atoms. The number of urea groups is 1. The van der Waals surface area contributed by atoms with Crippen LogP contribution in [0.1, 0.15) is 5.56 Å². The summed E-state index contributed by atoms with van der Waals surface area (Å²) in [7, 11) is 0. The van der Waals surface area contributed by atoms with Gasteiger partial charge in [0.2, 0.25) is 0 Å². The third-order valence-corrected chi connectivity index (χ3v) is 2.88. The third-order valence-electron chi connectivity index (χ3n) is 2.88. The second-order valence-corrected chi connectivity index (χ2v) is 4.34. The van der Waals surface area contributed by atoms with E-state index in [1.54, 1.807) is 18.6 Å². The molecule has 0 saturated carbocycles. The molecule has 3 N–H and O–H groups in total. The van der Waals surface area contributed by atoms with Crippen molar-refractivity contribution in [3.8, 4) is 0 Å². The molecule has 6 nitrogen and oxygen atoms in total. The first-order valence-electron chi connectivity index (χ1n) is 6.18. The Labute approximate surface area is 115 Å². The second-order valence-electron chi connectivity index (χ2n) is 4.34. The number of aromatic amines is 1. The lowest BCUT2D eigenvalue weighted by molar-refractivity contribution is 0.251. The zero-order chi connectivity index (χ0) is 13.8. The van der Waals surface area contributed by atoms with E-state index in [0.29, 0.717) is 12.2 Å². The fourth-order valence-corrected chi connectivity index (χ4v) is 1.88. The number of carbonyl (C=O) groups excluding carboxylic acids is 1. The molecule has 0 saturated heterocycles. The first-order valence-corrected chi connectivity index (χ1v) is 6.18. The highest BCUT2D eigenvalue weighted by molar-refractivity contribution is 5.92. The summed E-state index contributed by atoms with van der Waals surface area (Å²) < 4.78 is 0. The quantitative estimate of drug-likeness (QED) is 0.680. The van der Waals surface area contributed by atoms with Crippen molar-refractivity contribution in [2.75, 3.05) is 5.32 Å². The molecule has 2 aromatic heterocycles. The smallest absolute Gasteiger partial charge is 0.319 e. The number of pyridine rings is 1. The van der Waals surface area contributed by atoms with Crippen molar-refractivity contribution in [2.45, 2.75) is 6.54 Å². The standard InChI is InChI=1S/C14H13N5O/c20-14(16-8-10-2-1-5-15-7-10)18-12-4-3-11-9-17-19-13(11)6-12/h1-7,9H,8H2,(H,17,19)(H2,16,18,20). The van der Waals surface area contributed by atoms with Crippen LogP contribution in [0.3, 0.4) is 0 Å². The van der Waals surface area contributed by atoms with Crippen molar-refractivity contribution in [1.29, 1.82) is 0 Å². The summed E-state index contributed by atoms with van der Waals surface area (Å²) in [4.78, 5) is 15.8. The van der Waals surface area contributed by atoms with E-state index in [1.165, 1.54) is 0 Å². The van der Waals surface area contributed by atoms with Crippen LogP contribution in [0.25, 0.3) is 10.9 Å². The molecule has 0 unspecified atom stereocenters. The molecule has 1 aromatic carbocycles. The van der Waals surface area contributed by atoms with E-state index in [9.17, 15) is 4.79 Å². The van der Waals surface area contributed by atoms with E-state index in [-0.39, 0.29) is 6.03 Å². The van der Waals surface area contributed by atoms with Gasteiger partial charge in [0, 0.05) is 30.0 Å². The Bertz CT molecular complexity index is 723. The predicted molar refractivity (Wildman–Crippen MR) is 76.2 cm³/mol. The summed E-state index contributed by atoms with van der Waals surface area (Å²) in [5, 5.41) is 13.4. The van der Waals surface area contributed by atoms with Gasteiger partial charge in [-0.15, -0.1) is 0 Å². The van der Waals surface area contributed by atoms with Crippen molar-refractivity contribution in [3.63, 3.8) is 0 Å². The van der Waals surface area contributed by atoms with Crippen LogP contribution < -0.4 is 10.6 Å². The van der Waals surface area contributed by atoms with Gasteiger partial charge in [-0.1, -0.05) is 6.07 Å². The molecule has 0 fully saturated rings.